The lowest BCUT2D eigenvalue weighted by molar-refractivity contribution is -0.135. The van der Waals surface area contributed by atoms with Gasteiger partial charge in [0, 0.05) is 77.8 Å². The van der Waals surface area contributed by atoms with Crippen molar-refractivity contribution >= 4 is 31.9 Å². The summed E-state index contributed by atoms with van der Waals surface area (Å²) in [6.07, 6.45) is 21.0. The predicted molar refractivity (Wildman–Crippen MR) is 332 cm³/mol. The van der Waals surface area contributed by atoms with Crippen LogP contribution >= 0.6 is 0 Å². The second kappa shape index (κ2) is 31.9. The first-order valence-electron chi connectivity index (χ1n) is 30.1. The van der Waals surface area contributed by atoms with E-state index in [-0.39, 0.29) is 41.5 Å². The molecular formula is C63H130N6O6S2. The van der Waals surface area contributed by atoms with Crippen LogP contribution in [0.5, 0.6) is 0 Å². The number of amides is 2. The number of nitrogens with zero attached hydrogens (tertiary/aromatic N) is 6. The van der Waals surface area contributed by atoms with E-state index in [4.69, 9.17) is 0 Å². The van der Waals surface area contributed by atoms with Crippen molar-refractivity contribution in [2.45, 2.75) is 260 Å². The number of carbonyl (C=O) groups excluding carboxylic acids is 2. The summed E-state index contributed by atoms with van der Waals surface area (Å²) in [5.74, 6) is 2.53. The molecule has 6 fully saturated rings. The molecule has 2 amide bonds. The third-order valence-electron chi connectivity index (χ3n) is 17.6. The Bertz CT molecular complexity index is 1920. The molecule has 0 aromatic rings. The Hall–Kier alpha value is -1.32. The first kappa shape index (κ1) is 75.7. The molecule has 6 heterocycles. The van der Waals surface area contributed by atoms with E-state index in [1.807, 2.05) is 9.80 Å². The van der Waals surface area contributed by atoms with Gasteiger partial charge in [-0.2, -0.15) is 4.31 Å². The lowest BCUT2D eigenvalue weighted by Crippen LogP contribution is -2.49. The lowest BCUT2D eigenvalue weighted by Gasteiger charge is -2.43. The fourth-order valence-corrected chi connectivity index (χ4v) is 14.6. The molecule has 6 aliphatic rings. The highest BCUT2D eigenvalue weighted by molar-refractivity contribution is 7.88. The summed E-state index contributed by atoms with van der Waals surface area (Å²) in [5.41, 5.74) is 1.80. The van der Waals surface area contributed by atoms with Crippen LogP contribution in [-0.2, 0) is 29.6 Å². The number of carbonyl (C=O) groups is 2. The lowest BCUT2D eigenvalue weighted by atomic mass is 9.76. The topological polar surface area (TPSA) is 122 Å². The van der Waals surface area contributed by atoms with Crippen LogP contribution in [0.3, 0.4) is 0 Å². The van der Waals surface area contributed by atoms with Crippen LogP contribution in [0.15, 0.2) is 0 Å². The van der Waals surface area contributed by atoms with E-state index in [2.05, 4.69) is 149 Å². The largest absolute Gasteiger partial charge is 0.343 e. The summed E-state index contributed by atoms with van der Waals surface area (Å²) in [4.78, 5) is 31.6. The van der Waals surface area contributed by atoms with Gasteiger partial charge in [-0.3, -0.25) is 9.59 Å². The Morgan fingerprint density at radius 3 is 1.12 bits per heavy atom. The zero-order chi connectivity index (χ0) is 59.1. The van der Waals surface area contributed by atoms with E-state index in [0.717, 1.165) is 63.7 Å². The minimum Gasteiger partial charge on any atom is -0.343 e. The van der Waals surface area contributed by atoms with Crippen molar-refractivity contribution in [3.63, 3.8) is 0 Å². The maximum Gasteiger partial charge on any atom is 0.219 e. The van der Waals surface area contributed by atoms with Crippen molar-refractivity contribution in [3.8, 4) is 0 Å². The average molecular weight is 1130 g/mol. The van der Waals surface area contributed by atoms with Crippen molar-refractivity contribution < 1.29 is 26.4 Å². The molecule has 0 aromatic carbocycles. The SMILES string of the molecule is C.CC(=O)N1CCCC(C(C)(C)C)C1.CC(=O)N1CCCCC1C(C)(C)C.CC(C)(C)C1CCCCN1S(C)(=O)=O.CC(C)(C)C1CCCN(S(C)(=O)=O)C1.CN1CCCC(C(C)(C)C)C1.CN1CCCCC1C(C)(C)C. The predicted octanol–water partition coefficient (Wildman–Crippen LogP) is 13.8. The molecule has 0 N–H and O–H groups in total. The van der Waals surface area contributed by atoms with Gasteiger partial charge in [0.2, 0.25) is 31.9 Å². The van der Waals surface area contributed by atoms with Gasteiger partial charge in [-0.15, -0.1) is 0 Å². The van der Waals surface area contributed by atoms with Crippen LogP contribution in [0.1, 0.15) is 242 Å². The van der Waals surface area contributed by atoms with Crippen LogP contribution in [-0.4, -0.2) is 160 Å². The van der Waals surface area contributed by atoms with Gasteiger partial charge in [-0.25, -0.2) is 21.1 Å². The molecule has 6 rings (SSSR count). The van der Waals surface area contributed by atoms with Gasteiger partial charge in [0.15, 0.2) is 0 Å². The Morgan fingerprint density at radius 1 is 0.390 bits per heavy atom. The fraction of sp³-hybridized carbons (Fsp3) is 0.968. The third kappa shape index (κ3) is 28.5. The summed E-state index contributed by atoms with van der Waals surface area (Å²) >= 11 is 0. The number of sulfonamides is 2. The molecule has 0 aromatic heterocycles. The van der Waals surface area contributed by atoms with Crippen LogP contribution in [0, 0.1) is 50.2 Å². The summed E-state index contributed by atoms with van der Waals surface area (Å²) in [7, 11) is -1.52. The third-order valence-corrected chi connectivity index (χ3v) is 20.1. The highest BCUT2D eigenvalue weighted by Crippen LogP contribution is 2.37. The molecular weight excluding hydrogens is 1000 g/mol. The maximum atomic E-state index is 11.6. The molecule has 6 unspecified atom stereocenters. The monoisotopic (exact) mass is 1130 g/mol. The van der Waals surface area contributed by atoms with Gasteiger partial charge >= 0.3 is 0 Å². The highest BCUT2D eigenvalue weighted by Gasteiger charge is 2.38. The van der Waals surface area contributed by atoms with E-state index in [1.165, 1.54) is 96.4 Å². The molecule has 6 saturated heterocycles. The van der Waals surface area contributed by atoms with Crippen LogP contribution in [0.2, 0.25) is 0 Å². The van der Waals surface area contributed by atoms with Crippen LogP contribution < -0.4 is 0 Å². The summed E-state index contributed by atoms with van der Waals surface area (Å²) in [6, 6.07) is 1.42. The minimum absolute atomic E-state index is 0. The zero-order valence-electron chi connectivity index (χ0n) is 54.4. The van der Waals surface area contributed by atoms with Crippen molar-refractivity contribution in [2.24, 2.45) is 50.2 Å². The second-order valence-electron chi connectivity index (χ2n) is 30.7. The van der Waals surface area contributed by atoms with Crippen LogP contribution in [0.25, 0.3) is 0 Å². The van der Waals surface area contributed by atoms with Gasteiger partial charge in [0.25, 0.3) is 0 Å². The number of likely N-dealkylation sites (tertiary alicyclic amines) is 4. The molecule has 0 saturated carbocycles. The van der Waals surface area contributed by atoms with Gasteiger partial charge in [-0.05, 0) is 161 Å². The van der Waals surface area contributed by atoms with E-state index in [1.54, 1.807) is 22.5 Å². The van der Waals surface area contributed by atoms with Gasteiger partial charge in [0.05, 0.1) is 12.5 Å². The Balaban J connectivity index is 0.000000900. The van der Waals surface area contributed by atoms with Crippen molar-refractivity contribution in [1.82, 2.24) is 28.2 Å². The summed E-state index contributed by atoms with van der Waals surface area (Å²) in [5, 5.41) is 0. The summed E-state index contributed by atoms with van der Waals surface area (Å²) in [6.45, 7) is 52.7. The highest BCUT2D eigenvalue weighted by atomic mass is 32.2. The first-order chi connectivity index (χ1) is 34.3. The Kier molecular flexibility index (Phi) is 31.4. The van der Waals surface area contributed by atoms with Crippen LogP contribution in [0.4, 0.5) is 0 Å². The van der Waals surface area contributed by atoms with Crippen molar-refractivity contribution in [3.05, 3.63) is 0 Å². The number of hydrogen-bond donors (Lipinski definition) is 0. The molecule has 0 spiro atoms. The molecule has 12 nitrogen and oxygen atoms in total. The Morgan fingerprint density at radius 2 is 0.779 bits per heavy atom. The van der Waals surface area contributed by atoms with Crippen molar-refractivity contribution in [1.29, 1.82) is 0 Å². The zero-order valence-corrected chi connectivity index (χ0v) is 56.0. The first-order valence-corrected chi connectivity index (χ1v) is 33.8. The van der Waals surface area contributed by atoms with E-state index >= 15 is 0 Å². The minimum atomic E-state index is -3.02. The molecule has 14 heteroatoms. The molecule has 77 heavy (non-hydrogen) atoms. The van der Waals surface area contributed by atoms with Gasteiger partial charge < -0.3 is 19.6 Å². The molecule has 0 bridgehead atoms. The second-order valence-corrected chi connectivity index (χ2v) is 34.6. The smallest absolute Gasteiger partial charge is 0.219 e. The molecule has 6 aliphatic heterocycles. The average Bonchev–Trinajstić information content (AvgIpc) is 3.28. The van der Waals surface area contributed by atoms with E-state index < -0.39 is 20.0 Å². The molecule has 0 radical (unpaired) electrons. The number of piperidine rings is 6. The molecule has 6 atom stereocenters. The van der Waals surface area contributed by atoms with E-state index in [0.29, 0.717) is 53.8 Å². The van der Waals surface area contributed by atoms with Gasteiger partial charge in [0.1, 0.15) is 0 Å². The van der Waals surface area contributed by atoms with Crippen molar-refractivity contribution in [2.75, 3.05) is 85.5 Å². The molecule has 0 aliphatic carbocycles. The maximum absolute atomic E-state index is 11.6. The summed E-state index contributed by atoms with van der Waals surface area (Å²) < 4.78 is 49.2. The normalized spacial score (nSPS) is 26.2. The van der Waals surface area contributed by atoms with E-state index in [9.17, 15) is 26.4 Å². The fourth-order valence-electron chi connectivity index (χ4n) is 12.3. The Labute approximate surface area is 480 Å². The molecule has 460 valence electrons. The number of hydrogen-bond acceptors (Lipinski definition) is 8. The van der Waals surface area contributed by atoms with Gasteiger partial charge in [-0.1, -0.05) is 145 Å². The number of rotatable bonds is 2. The standard InChI is InChI=1S/2C11H21NO.2C10H21NO2S.2C10H21N.CH4/c1-9(13)12-7-5-6-10(8-12)11(2,3)4;1-9(13)12-8-6-5-7-10(12)11(2,3)4;1-10(2,3)9-6-5-7-11(8-9)14(4,12)13;1-10(2,3)9-7-5-6-8-11(9)14(4,12)13;1-10(2,3)9-6-5-7-11(4)8-9;1-10(2,3)9-7-5-6-8-11(9)4;/h2*10H,5-8H2,1-4H3;2*9H,5-8H2,1-4H3;2*9H,5-8H2,1-4H3;1H4. The quantitative estimate of drug-likeness (QED) is 0.268.